The van der Waals surface area contributed by atoms with Gasteiger partial charge in [0.1, 0.15) is 0 Å². The van der Waals surface area contributed by atoms with Crippen molar-refractivity contribution in [1.29, 1.82) is 0 Å². The van der Waals surface area contributed by atoms with Gasteiger partial charge in [-0.25, -0.2) is 0 Å². The summed E-state index contributed by atoms with van der Waals surface area (Å²) in [6, 6.07) is 27.7. The Hall–Kier alpha value is -3.50. The van der Waals surface area contributed by atoms with Gasteiger partial charge in [-0.3, -0.25) is 9.78 Å². The molecule has 0 aliphatic carbocycles. The van der Waals surface area contributed by atoms with Crippen molar-refractivity contribution < 1.29 is 4.79 Å². The van der Waals surface area contributed by atoms with Gasteiger partial charge in [0.25, 0.3) is 5.91 Å². The third-order valence-corrected chi connectivity index (χ3v) is 7.60. The number of hydrogen-bond acceptors (Lipinski definition) is 3. The Balaban J connectivity index is 1.38. The fraction of sp³-hybridized carbons (Fsp3) is 0.312. The van der Waals surface area contributed by atoms with E-state index in [1.807, 2.05) is 24.4 Å². The Kier molecular flexibility index (Phi) is 7.15. The van der Waals surface area contributed by atoms with Crippen LogP contribution in [0, 0.1) is 13.8 Å². The van der Waals surface area contributed by atoms with Crippen LogP contribution < -0.4 is 5.32 Å². The fourth-order valence-electron chi connectivity index (χ4n) is 5.72. The minimum Gasteiger partial charge on any atom is -0.335 e. The van der Waals surface area contributed by atoms with Gasteiger partial charge in [0.05, 0.1) is 5.52 Å². The number of aromatic nitrogens is 1. The summed E-state index contributed by atoms with van der Waals surface area (Å²) in [4.78, 5) is 20.4. The largest absolute Gasteiger partial charge is 0.335 e. The van der Waals surface area contributed by atoms with Gasteiger partial charge in [-0.05, 0) is 62.1 Å². The van der Waals surface area contributed by atoms with Crippen LogP contribution in [0.1, 0.15) is 58.3 Å². The standard InChI is InChI=1S/C32H35N3O/c1-22-17-23(2)19-27(18-22)32(36)35-16-14-28(20-31(35)24(3)25-9-5-4-6-10-25)34-21-26-13-15-33-30-12-8-7-11-29(26)30/h4-13,15,17-19,24,28,31,34H,14,16,20-21H2,1-3H3/t24-,28+,31+/m1/s1. The summed E-state index contributed by atoms with van der Waals surface area (Å²) in [6.07, 6.45) is 3.76. The second kappa shape index (κ2) is 10.6. The maximum atomic E-state index is 13.8. The number of nitrogens with zero attached hydrogens (tertiary/aromatic N) is 2. The van der Waals surface area contributed by atoms with Crippen molar-refractivity contribution in [2.45, 2.75) is 58.2 Å². The van der Waals surface area contributed by atoms with E-state index in [4.69, 9.17) is 0 Å². The summed E-state index contributed by atoms with van der Waals surface area (Å²) >= 11 is 0. The van der Waals surface area contributed by atoms with Gasteiger partial charge in [0, 0.05) is 48.2 Å². The second-order valence-electron chi connectivity index (χ2n) is 10.2. The maximum Gasteiger partial charge on any atom is 0.254 e. The highest BCUT2D eigenvalue weighted by molar-refractivity contribution is 5.95. The number of carbonyl (C=O) groups excluding carboxylic acids is 1. The molecule has 1 saturated heterocycles. The lowest BCUT2D eigenvalue weighted by atomic mass is 9.84. The SMILES string of the molecule is Cc1cc(C)cc(C(=O)N2CC[C@H](NCc3ccnc4ccccc34)C[C@H]2[C@H](C)c2ccccc2)c1. The molecule has 1 N–H and O–H groups in total. The molecule has 0 bridgehead atoms. The topological polar surface area (TPSA) is 45.2 Å². The molecule has 184 valence electrons. The number of nitrogens with one attached hydrogen (secondary N) is 1. The summed E-state index contributed by atoms with van der Waals surface area (Å²) in [5, 5.41) is 5.02. The molecule has 1 amide bonds. The molecule has 1 aliphatic heterocycles. The van der Waals surface area contributed by atoms with Gasteiger partial charge in [0.15, 0.2) is 0 Å². The van der Waals surface area contributed by atoms with Crippen LogP contribution in [0.4, 0.5) is 0 Å². The summed E-state index contributed by atoms with van der Waals surface area (Å²) in [7, 11) is 0. The number of pyridine rings is 1. The number of para-hydroxylation sites is 1. The van der Waals surface area contributed by atoms with Crippen LogP contribution in [0.3, 0.4) is 0 Å². The number of benzene rings is 3. The first-order valence-corrected chi connectivity index (χ1v) is 13.0. The normalized spacial score (nSPS) is 18.8. The van der Waals surface area contributed by atoms with Crippen molar-refractivity contribution >= 4 is 16.8 Å². The van der Waals surface area contributed by atoms with Crippen molar-refractivity contribution in [2.75, 3.05) is 6.54 Å². The first-order valence-electron chi connectivity index (χ1n) is 13.0. The molecule has 4 heteroatoms. The van der Waals surface area contributed by atoms with Crippen LogP contribution in [0.15, 0.2) is 85.1 Å². The molecule has 0 spiro atoms. The van der Waals surface area contributed by atoms with Crippen LogP contribution in [-0.4, -0.2) is 34.4 Å². The Morgan fingerprint density at radius 3 is 2.50 bits per heavy atom. The van der Waals surface area contributed by atoms with Gasteiger partial charge in [0.2, 0.25) is 0 Å². The summed E-state index contributed by atoms with van der Waals surface area (Å²) in [5.74, 6) is 0.389. The summed E-state index contributed by atoms with van der Waals surface area (Å²) < 4.78 is 0. The number of hydrogen-bond donors (Lipinski definition) is 1. The van der Waals surface area contributed by atoms with E-state index in [-0.39, 0.29) is 17.9 Å². The summed E-state index contributed by atoms with van der Waals surface area (Å²) in [5.41, 5.74) is 6.64. The molecule has 3 aromatic carbocycles. The number of carbonyl (C=O) groups is 1. The van der Waals surface area contributed by atoms with Gasteiger partial charge in [-0.1, -0.05) is 72.6 Å². The average molecular weight is 478 g/mol. The molecular formula is C32H35N3O. The van der Waals surface area contributed by atoms with Gasteiger partial charge in [-0.15, -0.1) is 0 Å². The van der Waals surface area contributed by atoms with Gasteiger partial charge in [-0.2, -0.15) is 0 Å². The summed E-state index contributed by atoms with van der Waals surface area (Å²) in [6.45, 7) is 7.94. The number of aryl methyl sites for hydroxylation is 2. The van der Waals surface area contributed by atoms with Crippen molar-refractivity contribution in [1.82, 2.24) is 15.2 Å². The van der Waals surface area contributed by atoms with Crippen molar-refractivity contribution in [3.05, 3.63) is 113 Å². The molecule has 3 atom stereocenters. The predicted octanol–water partition coefficient (Wildman–Crippen LogP) is 6.42. The molecule has 36 heavy (non-hydrogen) atoms. The van der Waals surface area contributed by atoms with Crippen molar-refractivity contribution in [2.24, 2.45) is 0 Å². The first kappa shape index (κ1) is 24.2. The monoisotopic (exact) mass is 477 g/mol. The highest BCUT2D eigenvalue weighted by Crippen LogP contribution is 2.32. The quantitative estimate of drug-likeness (QED) is 0.349. The van der Waals surface area contributed by atoms with Crippen molar-refractivity contribution in [3.8, 4) is 0 Å². The molecule has 5 rings (SSSR count). The first-order chi connectivity index (χ1) is 17.5. The number of likely N-dealkylation sites (tertiary alicyclic amines) is 1. The Bertz CT molecular complexity index is 1320. The molecular weight excluding hydrogens is 442 g/mol. The lowest BCUT2D eigenvalue weighted by Gasteiger charge is -2.43. The van der Waals surface area contributed by atoms with Crippen LogP contribution in [-0.2, 0) is 6.54 Å². The Morgan fingerprint density at radius 1 is 1.00 bits per heavy atom. The second-order valence-corrected chi connectivity index (χ2v) is 10.2. The van der Waals surface area contributed by atoms with Crippen molar-refractivity contribution in [3.63, 3.8) is 0 Å². The van der Waals surface area contributed by atoms with E-state index < -0.39 is 0 Å². The van der Waals surface area contributed by atoms with E-state index in [9.17, 15) is 4.79 Å². The fourth-order valence-corrected chi connectivity index (χ4v) is 5.72. The molecule has 1 aliphatic rings. The number of amides is 1. The lowest BCUT2D eigenvalue weighted by molar-refractivity contribution is 0.0538. The molecule has 1 aromatic heterocycles. The number of rotatable bonds is 6. The van der Waals surface area contributed by atoms with Crippen LogP contribution in [0.25, 0.3) is 10.9 Å². The highest BCUT2D eigenvalue weighted by Gasteiger charge is 2.36. The predicted molar refractivity (Wildman–Crippen MR) is 147 cm³/mol. The highest BCUT2D eigenvalue weighted by atomic mass is 16.2. The number of fused-ring (bicyclic) bond motifs is 1. The van der Waals surface area contributed by atoms with E-state index >= 15 is 0 Å². The molecule has 2 heterocycles. The van der Waals surface area contributed by atoms with Crippen LogP contribution in [0.5, 0.6) is 0 Å². The van der Waals surface area contributed by atoms with E-state index in [0.29, 0.717) is 6.04 Å². The van der Waals surface area contributed by atoms with E-state index in [1.54, 1.807) is 0 Å². The molecule has 4 nitrogen and oxygen atoms in total. The van der Waals surface area contributed by atoms with Gasteiger partial charge >= 0.3 is 0 Å². The average Bonchev–Trinajstić information content (AvgIpc) is 2.91. The minimum atomic E-state index is 0.126. The Morgan fingerprint density at radius 2 is 1.72 bits per heavy atom. The zero-order valence-electron chi connectivity index (χ0n) is 21.4. The third kappa shape index (κ3) is 5.19. The van der Waals surface area contributed by atoms with E-state index in [0.717, 1.165) is 48.1 Å². The van der Waals surface area contributed by atoms with Crippen LogP contribution >= 0.6 is 0 Å². The maximum absolute atomic E-state index is 13.8. The smallest absolute Gasteiger partial charge is 0.254 e. The minimum absolute atomic E-state index is 0.126. The zero-order chi connectivity index (χ0) is 25.1. The Labute approximate surface area is 214 Å². The van der Waals surface area contributed by atoms with E-state index in [2.05, 4.69) is 96.6 Å². The third-order valence-electron chi connectivity index (χ3n) is 7.60. The molecule has 0 unspecified atom stereocenters. The van der Waals surface area contributed by atoms with Gasteiger partial charge < -0.3 is 10.2 Å². The molecule has 0 radical (unpaired) electrons. The molecule has 1 fully saturated rings. The molecule has 4 aromatic rings. The van der Waals surface area contributed by atoms with Crippen LogP contribution in [0.2, 0.25) is 0 Å². The zero-order valence-corrected chi connectivity index (χ0v) is 21.4. The number of piperidine rings is 1. The molecule has 0 saturated carbocycles. The lowest BCUT2D eigenvalue weighted by Crippen LogP contribution is -2.52. The van der Waals surface area contributed by atoms with E-state index in [1.165, 1.54) is 16.5 Å².